The minimum atomic E-state index is 0.630. The molecule has 5 nitrogen and oxygen atoms in total. The van der Waals surface area contributed by atoms with Crippen LogP contribution in [0.4, 0.5) is 0 Å². The third-order valence-corrected chi connectivity index (χ3v) is 10.3. The van der Waals surface area contributed by atoms with Gasteiger partial charge < -0.3 is 4.42 Å². The maximum Gasteiger partial charge on any atom is 0.164 e. The molecule has 0 radical (unpaired) electrons. The van der Waals surface area contributed by atoms with Gasteiger partial charge in [-0.1, -0.05) is 121 Å². The Morgan fingerprint density at radius 3 is 1.96 bits per heavy atom. The minimum absolute atomic E-state index is 0.630. The van der Waals surface area contributed by atoms with Crippen molar-refractivity contribution in [2.45, 2.75) is 0 Å². The molecule has 0 aliphatic heterocycles. The summed E-state index contributed by atoms with van der Waals surface area (Å²) in [5, 5.41) is 10.2. The SMILES string of the molecule is c1ccc(-c2nc(-c3ccc4c(-c5ccc6oc7ccc8ncccc8c7c6c5)cccc4c3)nc(-c3cc4ccccc4c4ccccc34)n2)cc1. The number of nitrogens with zero attached hydrogens (tertiary/aromatic N) is 4. The van der Waals surface area contributed by atoms with Crippen LogP contribution in [0.1, 0.15) is 0 Å². The number of aromatic nitrogens is 4. The molecule has 0 spiro atoms. The van der Waals surface area contributed by atoms with E-state index in [2.05, 4.69) is 120 Å². The molecule has 0 fully saturated rings. The van der Waals surface area contributed by atoms with Gasteiger partial charge in [-0.25, -0.2) is 15.0 Å². The molecular weight excluding hydrogens is 649 g/mol. The second kappa shape index (κ2) is 11.7. The van der Waals surface area contributed by atoms with Crippen molar-refractivity contribution in [3.63, 3.8) is 0 Å². The van der Waals surface area contributed by atoms with Crippen molar-refractivity contribution < 1.29 is 4.42 Å². The Balaban J connectivity index is 1.08. The van der Waals surface area contributed by atoms with E-state index in [1.165, 1.54) is 10.8 Å². The van der Waals surface area contributed by atoms with E-state index >= 15 is 0 Å². The number of pyridine rings is 1. The predicted octanol–water partition coefficient (Wildman–Crippen LogP) is 12.4. The van der Waals surface area contributed by atoms with Crippen molar-refractivity contribution in [2.24, 2.45) is 0 Å². The first-order chi connectivity index (χ1) is 26.2. The van der Waals surface area contributed by atoms with Crippen LogP contribution in [0.2, 0.25) is 0 Å². The molecule has 11 aromatic rings. The highest BCUT2D eigenvalue weighted by atomic mass is 16.3. The van der Waals surface area contributed by atoms with Gasteiger partial charge in [-0.15, -0.1) is 0 Å². The molecule has 5 heteroatoms. The average Bonchev–Trinajstić information content (AvgIpc) is 3.62. The summed E-state index contributed by atoms with van der Waals surface area (Å²) >= 11 is 0. The topological polar surface area (TPSA) is 64.7 Å². The van der Waals surface area contributed by atoms with Crippen LogP contribution >= 0.6 is 0 Å². The average molecular weight is 677 g/mol. The smallest absolute Gasteiger partial charge is 0.164 e. The number of furan rings is 1. The number of benzene rings is 8. The summed E-state index contributed by atoms with van der Waals surface area (Å²) in [6.07, 6.45) is 1.83. The van der Waals surface area contributed by atoms with E-state index in [1.807, 2.05) is 54.7 Å². The fourth-order valence-electron chi connectivity index (χ4n) is 7.85. The molecule has 0 aliphatic carbocycles. The molecule has 0 saturated carbocycles. The van der Waals surface area contributed by atoms with Gasteiger partial charge in [0.05, 0.1) is 5.52 Å². The monoisotopic (exact) mass is 676 g/mol. The third kappa shape index (κ3) is 4.79. The Bertz CT molecular complexity index is 3240. The predicted molar refractivity (Wildman–Crippen MR) is 217 cm³/mol. The summed E-state index contributed by atoms with van der Waals surface area (Å²) in [7, 11) is 0. The summed E-state index contributed by atoms with van der Waals surface area (Å²) in [6.45, 7) is 0. The van der Waals surface area contributed by atoms with Crippen LogP contribution in [-0.4, -0.2) is 19.9 Å². The lowest BCUT2D eigenvalue weighted by molar-refractivity contribution is 0.669. The molecule has 0 bridgehead atoms. The van der Waals surface area contributed by atoms with Crippen molar-refractivity contribution in [3.05, 3.63) is 170 Å². The van der Waals surface area contributed by atoms with Crippen LogP contribution in [0.15, 0.2) is 174 Å². The van der Waals surface area contributed by atoms with Gasteiger partial charge in [-0.05, 0) is 85.9 Å². The summed E-state index contributed by atoms with van der Waals surface area (Å²) in [4.78, 5) is 19.9. The molecule has 3 heterocycles. The number of hydrogen-bond acceptors (Lipinski definition) is 5. The van der Waals surface area contributed by atoms with Gasteiger partial charge in [0.25, 0.3) is 0 Å². The van der Waals surface area contributed by atoms with Crippen LogP contribution in [0.3, 0.4) is 0 Å². The first-order valence-electron chi connectivity index (χ1n) is 17.7. The van der Waals surface area contributed by atoms with Crippen molar-refractivity contribution >= 4 is 65.2 Å². The largest absolute Gasteiger partial charge is 0.456 e. The molecule has 0 amide bonds. The molecule has 0 N–H and O–H groups in total. The number of fused-ring (bicyclic) bond motifs is 9. The molecule has 0 unspecified atom stereocenters. The highest BCUT2D eigenvalue weighted by Gasteiger charge is 2.17. The van der Waals surface area contributed by atoms with E-state index in [0.717, 1.165) is 82.2 Å². The quantitative estimate of drug-likeness (QED) is 0.174. The van der Waals surface area contributed by atoms with E-state index < -0.39 is 0 Å². The summed E-state index contributed by atoms with van der Waals surface area (Å²) in [6, 6.07) is 56.9. The highest BCUT2D eigenvalue weighted by Crippen LogP contribution is 2.39. The van der Waals surface area contributed by atoms with E-state index in [4.69, 9.17) is 19.4 Å². The molecule has 53 heavy (non-hydrogen) atoms. The van der Waals surface area contributed by atoms with Crippen molar-refractivity contribution in [3.8, 4) is 45.3 Å². The van der Waals surface area contributed by atoms with Crippen LogP contribution in [0.5, 0.6) is 0 Å². The Labute approximate surface area is 303 Å². The zero-order valence-corrected chi connectivity index (χ0v) is 28.4. The van der Waals surface area contributed by atoms with Gasteiger partial charge >= 0.3 is 0 Å². The van der Waals surface area contributed by atoms with Crippen LogP contribution in [-0.2, 0) is 0 Å². The lowest BCUT2D eigenvalue weighted by Crippen LogP contribution is -2.01. The van der Waals surface area contributed by atoms with E-state index in [9.17, 15) is 0 Å². The van der Waals surface area contributed by atoms with E-state index in [0.29, 0.717) is 17.5 Å². The molecular formula is C48H28N4O. The van der Waals surface area contributed by atoms with E-state index in [-0.39, 0.29) is 0 Å². The fraction of sp³-hybridized carbons (Fsp3) is 0. The molecule has 8 aromatic carbocycles. The van der Waals surface area contributed by atoms with Gasteiger partial charge in [0.15, 0.2) is 17.5 Å². The van der Waals surface area contributed by atoms with Crippen molar-refractivity contribution in [1.29, 1.82) is 0 Å². The summed E-state index contributed by atoms with van der Waals surface area (Å²) in [5.41, 5.74) is 7.80. The second-order valence-corrected chi connectivity index (χ2v) is 13.4. The molecule has 11 rings (SSSR count). The Morgan fingerprint density at radius 1 is 0.358 bits per heavy atom. The summed E-state index contributed by atoms with van der Waals surface area (Å²) < 4.78 is 6.28. The van der Waals surface area contributed by atoms with Gasteiger partial charge in [0.2, 0.25) is 0 Å². The molecule has 0 atom stereocenters. The maximum atomic E-state index is 6.28. The molecule has 0 aliphatic rings. The third-order valence-electron chi connectivity index (χ3n) is 10.3. The van der Waals surface area contributed by atoms with Gasteiger partial charge in [-0.3, -0.25) is 4.98 Å². The van der Waals surface area contributed by atoms with Crippen molar-refractivity contribution in [1.82, 2.24) is 19.9 Å². The van der Waals surface area contributed by atoms with Gasteiger partial charge in [0.1, 0.15) is 11.2 Å². The van der Waals surface area contributed by atoms with Gasteiger partial charge in [0, 0.05) is 39.0 Å². The molecule has 246 valence electrons. The van der Waals surface area contributed by atoms with Crippen molar-refractivity contribution in [2.75, 3.05) is 0 Å². The number of rotatable bonds is 4. The lowest BCUT2D eigenvalue weighted by Gasteiger charge is -2.13. The standard InChI is InChI=1S/C48H28N4O/c1-2-10-29(11-3-1)46-50-47(52-48(51-46)40-27-31-12-4-5-14-35(31)37-15-6-7-16-38(37)40)33-19-21-36-30(26-33)13-8-17-34(36)32-20-23-43-41(28-32)45-39-18-9-25-49-42(39)22-24-44(45)53-43/h1-28H. The van der Waals surface area contributed by atoms with E-state index in [1.54, 1.807) is 0 Å². The Hall–Kier alpha value is -7.24. The van der Waals surface area contributed by atoms with Crippen LogP contribution < -0.4 is 0 Å². The minimum Gasteiger partial charge on any atom is -0.456 e. The second-order valence-electron chi connectivity index (χ2n) is 13.4. The summed E-state index contributed by atoms with van der Waals surface area (Å²) in [5.74, 6) is 1.92. The first-order valence-corrected chi connectivity index (χ1v) is 17.7. The fourth-order valence-corrected chi connectivity index (χ4v) is 7.85. The highest BCUT2D eigenvalue weighted by molar-refractivity contribution is 6.19. The normalized spacial score (nSPS) is 11.8. The number of hydrogen-bond donors (Lipinski definition) is 0. The Morgan fingerprint density at radius 2 is 1.06 bits per heavy atom. The first kappa shape index (κ1) is 29.5. The molecule has 0 saturated heterocycles. The maximum absolute atomic E-state index is 6.28. The lowest BCUT2D eigenvalue weighted by atomic mass is 9.95. The van der Waals surface area contributed by atoms with Gasteiger partial charge in [-0.2, -0.15) is 0 Å². The Kier molecular flexibility index (Phi) is 6.48. The zero-order valence-electron chi connectivity index (χ0n) is 28.4. The molecule has 3 aromatic heterocycles. The van der Waals surface area contributed by atoms with Crippen LogP contribution in [0.25, 0.3) is 110 Å². The zero-order chi connectivity index (χ0) is 34.9. The van der Waals surface area contributed by atoms with Crippen LogP contribution in [0, 0.1) is 0 Å².